The van der Waals surface area contributed by atoms with Gasteiger partial charge in [-0.1, -0.05) is 26.0 Å². The number of rotatable bonds is 6. The number of hydrogen-bond acceptors (Lipinski definition) is 3. The van der Waals surface area contributed by atoms with Gasteiger partial charge in [-0.15, -0.1) is 0 Å². The van der Waals surface area contributed by atoms with Gasteiger partial charge < -0.3 is 0 Å². The SMILES string of the molecule is CCn1ccc(NS(=O)(=O)c2ccc(CC(C)C)cc2)n1. The Labute approximate surface area is 126 Å². The zero-order valence-corrected chi connectivity index (χ0v) is 13.4. The molecule has 1 aromatic carbocycles. The zero-order chi connectivity index (χ0) is 15.5. The summed E-state index contributed by atoms with van der Waals surface area (Å²) in [6.45, 7) is 6.91. The Morgan fingerprint density at radius 1 is 1.19 bits per heavy atom. The molecule has 0 fully saturated rings. The molecule has 2 aromatic rings. The predicted molar refractivity (Wildman–Crippen MR) is 83.7 cm³/mol. The van der Waals surface area contributed by atoms with Crippen molar-refractivity contribution in [2.24, 2.45) is 5.92 Å². The minimum Gasteiger partial charge on any atom is -0.271 e. The van der Waals surface area contributed by atoms with E-state index in [2.05, 4.69) is 23.7 Å². The second-order valence-electron chi connectivity index (χ2n) is 5.40. The van der Waals surface area contributed by atoms with E-state index < -0.39 is 10.0 Å². The molecular weight excluding hydrogens is 286 g/mol. The third kappa shape index (κ3) is 4.07. The van der Waals surface area contributed by atoms with Gasteiger partial charge in [0, 0.05) is 18.8 Å². The number of aromatic nitrogens is 2. The highest BCUT2D eigenvalue weighted by molar-refractivity contribution is 7.92. The highest BCUT2D eigenvalue weighted by atomic mass is 32.2. The minimum atomic E-state index is -3.58. The van der Waals surface area contributed by atoms with Crippen LogP contribution in [0.15, 0.2) is 41.4 Å². The smallest absolute Gasteiger partial charge is 0.263 e. The van der Waals surface area contributed by atoms with Crippen LogP contribution in [-0.2, 0) is 23.0 Å². The number of hydrogen-bond donors (Lipinski definition) is 1. The van der Waals surface area contributed by atoms with Crippen LogP contribution in [0.3, 0.4) is 0 Å². The lowest BCUT2D eigenvalue weighted by atomic mass is 10.0. The Kier molecular flexibility index (Phi) is 4.67. The van der Waals surface area contributed by atoms with Crippen LogP contribution in [0.4, 0.5) is 5.82 Å². The molecule has 1 heterocycles. The van der Waals surface area contributed by atoms with Gasteiger partial charge in [-0.05, 0) is 37.0 Å². The second-order valence-corrected chi connectivity index (χ2v) is 7.09. The molecule has 0 aliphatic rings. The van der Waals surface area contributed by atoms with Gasteiger partial charge in [0.25, 0.3) is 10.0 Å². The largest absolute Gasteiger partial charge is 0.271 e. The molecule has 21 heavy (non-hydrogen) atoms. The molecule has 0 spiro atoms. The van der Waals surface area contributed by atoms with Crippen molar-refractivity contribution < 1.29 is 8.42 Å². The van der Waals surface area contributed by atoms with Crippen LogP contribution in [0.25, 0.3) is 0 Å². The van der Waals surface area contributed by atoms with Crippen LogP contribution in [0.5, 0.6) is 0 Å². The Morgan fingerprint density at radius 2 is 1.86 bits per heavy atom. The maximum atomic E-state index is 12.3. The van der Waals surface area contributed by atoms with Crippen LogP contribution in [-0.4, -0.2) is 18.2 Å². The van der Waals surface area contributed by atoms with Gasteiger partial charge in [-0.2, -0.15) is 5.10 Å². The lowest BCUT2D eigenvalue weighted by Crippen LogP contribution is -2.13. The van der Waals surface area contributed by atoms with Crippen molar-refractivity contribution in [3.05, 3.63) is 42.1 Å². The number of nitrogens with zero attached hydrogens (tertiary/aromatic N) is 2. The van der Waals surface area contributed by atoms with E-state index in [1.165, 1.54) is 0 Å². The molecule has 0 saturated carbocycles. The van der Waals surface area contributed by atoms with Crippen molar-refractivity contribution in [1.29, 1.82) is 0 Å². The maximum Gasteiger partial charge on any atom is 0.263 e. The molecule has 0 unspecified atom stereocenters. The second kappa shape index (κ2) is 6.30. The van der Waals surface area contributed by atoms with Gasteiger partial charge >= 0.3 is 0 Å². The summed E-state index contributed by atoms with van der Waals surface area (Å²) < 4.78 is 28.7. The lowest BCUT2D eigenvalue weighted by molar-refractivity contribution is 0.600. The van der Waals surface area contributed by atoms with Gasteiger partial charge in [0.1, 0.15) is 0 Å². The average Bonchev–Trinajstić information content (AvgIpc) is 2.85. The number of anilines is 1. The summed E-state index contributed by atoms with van der Waals surface area (Å²) in [6.07, 6.45) is 2.68. The molecular formula is C15H21N3O2S. The van der Waals surface area contributed by atoms with Gasteiger partial charge in [0.15, 0.2) is 5.82 Å². The Morgan fingerprint density at radius 3 is 2.38 bits per heavy atom. The van der Waals surface area contributed by atoms with E-state index in [1.807, 2.05) is 19.1 Å². The fourth-order valence-corrected chi connectivity index (χ4v) is 3.06. The Hall–Kier alpha value is -1.82. The van der Waals surface area contributed by atoms with Gasteiger partial charge in [-0.3, -0.25) is 9.40 Å². The van der Waals surface area contributed by atoms with Crippen molar-refractivity contribution in [2.45, 2.75) is 38.6 Å². The number of sulfonamides is 1. The Balaban J connectivity index is 2.15. The fraction of sp³-hybridized carbons (Fsp3) is 0.400. The first-order valence-electron chi connectivity index (χ1n) is 7.06. The third-order valence-corrected chi connectivity index (χ3v) is 4.45. The summed E-state index contributed by atoms with van der Waals surface area (Å²) in [5, 5.41) is 4.12. The average molecular weight is 307 g/mol. The zero-order valence-electron chi connectivity index (χ0n) is 12.6. The molecule has 6 heteroatoms. The van der Waals surface area contributed by atoms with Crippen molar-refractivity contribution in [3.8, 4) is 0 Å². The molecule has 0 bridgehead atoms. The predicted octanol–water partition coefficient (Wildman–Crippen LogP) is 2.90. The van der Waals surface area contributed by atoms with E-state index in [1.54, 1.807) is 29.1 Å². The van der Waals surface area contributed by atoms with E-state index in [4.69, 9.17) is 0 Å². The van der Waals surface area contributed by atoms with Gasteiger partial charge in [0.05, 0.1) is 4.90 Å². The molecule has 0 atom stereocenters. The van der Waals surface area contributed by atoms with E-state index in [0.29, 0.717) is 18.3 Å². The summed E-state index contributed by atoms with van der Waals surface area (Å²) in [5.41, 5.74) is 1.14. The summed E-state index contributed by atoms with van der Waals surface area (Å²) >= 11 is 0. The van der Waals surface area contributed by atoms with E-state index in [0.717, 1.165) is 12.0 Å². The maximum absolute atomic E-state index is 12.3. The quantitative estimate of drug-likeness (QED) is 0.892. The van der Waals surface area contributed by atoms with Crippen molar-refractivity contribution >= 4 is 15.8 Å². The fourth-order valence-electron chi connectivity index (χ4n) is 2.06. The highest BCUT2D eigenvalue weighted by Crippen LogP contribution is 2.16. The summed E-state index contributed by atoms with van der Waals surface area (Å²) in [6, 6.07) is 8.64. The van der Waals surface area contributed by atoms with Crippen LogP contribution >= 0.6 is 0 Å². The van der Waals surface area contributed by atoms with Crippen LogP contribution in [0.2, 0.25) is 0 Å². The molecule has 1 aromatic heterocycles. The first kappa shape index (κ1) is 15.6. The summed E-state index contributed by atoms with van der Waals surface area (Å²) in [7, 11) is -3.58. The summed E-state index contributed by atoms with van der Waals surface area (Å²) in [4.78, 5) is 0.251. The molecule has 0 radical (unpaired) electrons. The number of aryl methyl sites for hydroxylation is 1. The van der Waals surface area contributed by atoms with E-state index >= 15 is 0 Å². The third-order valence-electron chi connectivity index (χ3n) is 3.08. The molecule has 5 nitrogen and oxygen atoms in total. The first-order valence-corrected chi connectivity index (χ1v) is 8.54. The number of nitrogens with one attached hydrogen (secondary N) is 1. The Bertz CT molecular complexity index is 688. The van der Waals surface area contributed by atoms with Crippen LogP contribution in [0, 0.1) is 5.92 Å². The molecule has 0 aliphatic heterocycles. The highest BCUT2D eigenvalue weighted by Gasteiger charge is 2.15. The molecule has 0 aliphatic carbocycles. The van der Waals surface area contributed by atoms with Crippen molar-refractivity contribution in [3.63, 3.8) is 0 Å². The topological polar surface area (TPSA) is 64.0 Å². The van der Waals surface area contributed by atoms with Crippen LogP contribution in [0.1, 0.15) is 26.3 Å². The molecule has 0 saturated heterocycles. The van der Waals surface area contributed by atoms with Crippen molar-refractivity contribution in [2.75, 3.05) is 4.72 Å². The standard InChI is InChI=1S/C15H21N3O2S/c1-4-18-10-9-15(16-18)17-21(19,20)14-7-5-13(6-8-14)11-12(2)3/h5-10,12H,4,11H2,1-3H3,(H,16,17). The van der Waals surface area contributed by atoms with E-state index in [9.17, 15) is 8.42 Å². The number of benzene rings is 1. The van der Waals surface area contributed by atoms with Gasteiger partial charge in [-0.25, -0.2) is 8.42 Å². The van der Waals surface area contributed by atoms with Crippen LogP contribution < -0.4 is 4.72 Å². The van der Waals surface area contributed by atoms with Gasteiger partial charge in [0.2, 0.25) is 0 Å². The minimum absolute atomic E-state index is 0.251. The summed E-state index contributed by atoms with van der Waals surface area (Å²) in [5.74, 6) is 0.881. The monoisotopic (exact) mass is 307 g/mol. The molecule has 114 valence electrons. The molecule has 1 N–H and O–H groups in total. The molecule has 0 amide bonds. The first-order chi connectivity index (χ1) is 9.90. The van der Waals surface area contributed by atoms with E-state index in [-0.39, 0.29) is 4.90 Å². The normalized spacial score (nSPS) is 11.8. The molecule has 2 rings (SSSR count). The van der Waals surface area contributed by atoms with Crippen molar-refractivity contribution in [1.82, 2.24) is 9.78 Å². The lowest BCUT2D eigenvalue weighted by Gasteiger charge is -2.08.